The SMILES string of the molecule is COC(=O)c1c(C2CC2)nn2c(OCc3c(F)ccc(F)c3F)cc(C)cc12. The van der Waals surface area contributed by atoms with Crippen LogP contribution < -0.4 is 4.74 Å². The van der Waals surface area contributed by atoms with Crippen molar-refractivity contribution in [2.24, 2.45) is 0 Å². The summed E-state index contributed by atoms with van der Waals surface area (Å²) in [7, 11) is 1.30. The highest BCUT2D eigenvalue weighted by Crippen LogP contribution is 2.42. The molecule has 0 radical (unpaired) electrons. The molecule has 0 N–H and O–H groups in total. The van der Waals surface area contributed by atoms with Crippen LogP contribution in [-0.4, -0.2) is 22.7 Å². The van der Waals surface area contributed by atoms with Crippen LogP contribution in [0.15, 0.2) is 24.3 Å². The number of carbonyl (C=O) groups excluding carboxylic acids is 1. The van der Waals surface area contributed by atoms with Gasteiger partial charge in [-0.1, -0.05) is 0 Å². The van der Waals surface area contributed by atoms with E-state index in [-0.39, 0.29) is 11.8 Å². The van der Waals surface area contributed by atoms with Gasteiger partial charge in [0, 0.05) is 12.0 Å². The Morgan fingerprint density at radius 1 is 1.21 bits per heavy atom. The summed E-state index contributed by atoms with van der Waals surface area (Å²) in [6.45, 7) is 1.27. The summed E-state index contributed by atoms with van der Waals surface area (Å²) < 4.78 is 53.1. The summed E-state index contributed by atoms with van der Waals surface area (Å²) >= 11 is 0. The highest BCUT2D eigenvalue weighted by molar-refractivity contribution is 5.98. The Labute approximate surface area is 158 Å². The van der Waals surface area contributed by atoms with Gasteiger partial charge in [-0.3, -0.25) is 0 Å². The number of methoxy groups -OCH3 is 1. The number of aryl methyl sites for hydroxylation is 1. The third-order valence-corrected chi connectivity index (χ3v) is 4.73. The number of ether oxygens (including phenoxy) is 2. The van der Waals surface area contributed by atoms with Crippen LogP contribution in [0.3, 0.4) is 0 Å². The molecule has 0 spiro atoms. The zero-order chi connectivity index (χ0) is 20.0. The number of aromatic nitrogens is 2. The first-order chi connectivity index (χ1) is 13.4. The second-order valence-electron chi connectivity index (χ2n) is 6.80. The zero-order valence-electron chi connectivity index (χ0n) is 15.3. The summed E-state index contributed by atoms with van der Waals surface area (Å²) in [5.41, 5.74) is 1.71. The lowest BCUT2D eigenvalue weighted by Crippen LogP contribution is -2.07. The van der Waals surface area contributed by atoms with Crippen LogP contribution in [0.2, 0.25) is 0 Å². The number of nitrogens with zero attached hydrogens (tertiary/aromatic N) is 2. The summed E-state index contributed by atoms with van der Waals surface area (Å²) in [4.78, 5) is 12.3. The van der Waals surface area contributed by atoms with E-state index in [0.29, 0.717) is 16.8 Å². The molecule has 0 bridgehead atoms. The van der Waals surface area contributed by atoms with E-state index < -0.39 is 35.6 Å². The van der Waals surface area contributed by atoms with Crippen molar-refractivity contribution in [1.82, 2.24) is 9.61 Å². The molecular formula is C20H17F3N2O3. The van der Waals surface area contributed by atoms with Crippen molar-refractivity contribution < 1.29 is 27.4 Å². The van der Waals surface area contributed by atoms with E-state index in [4.69, 9.17) is 9.47 Å². The van der Waals surface area contributed by atoms with Gasteiger partial charge in [0.2, 0.25) is 5.88 Å². The molecule has 1 aliphatic carbocycles. The molecule has 28 heavy (non-hydrogen) atoms. The first kappa shape index (κ1) is 18.3. The number of halogens is 3. The molecule has 0 aliphatic heterocycles. The van der Waals surface area contributed by atoms with E-state index in [1.54, 1.807) is 19.1 Å². The van der Waals surface area contributed by atoms with Gasteiger partial charge in [0.25, 0.3) is 0 Å². The van der Waals surface area contributed by atoms with E-state index in [0.717, 1.165) is 30.5 Å². The average molecular weight is 390 g/mol. The summed E-state index contributed by atoms with van der Waals surface area (Å²) in [5, 5.41) is 4.49. The minimum atomic E-state index is -1.29. The molecule has 0 saturated heterocycles. The number of rotatable bonds is 5. The molecule has 0 unspecified atom stereocenters. The summed E-state index contributed by atoms with van der Waals surface area (Å²) in [6, 6.07) is 4.96. The van der Waals surface area contributed by atoms with Crippen LogP contribution >= 0.6 is 0 Å². The molecule has 0 atom stereocenters. The summed E-state index contributed by atoms with van der Waals surface area (Å²) in [5.74, 6) is -3.50. The van der Waals surface area contributed by atoms with Gasteiger partial charge in [0.15, 0.2) is 11.6 Å². The lowest BCUT2D eigenvalue weighted by atomic mass is 10.1. The molecule has 4 rings (SSSR count). The van der Waals surface area contributed by atoms with Gasteiger partial charge in [0.05, 0.1) is 23.9 Å². The Morgan fingerprint density at radius 3 is 2.61 bits per heavy atom. The predicted octanol–water partition coefficient (Wildman–Crippen LogP) is 4.30. The normalized spacial score (nSPS) is 13.8. The van der Waals surface area contributed by atoms with E-state index in [1.165, 1.54) is 11.6 Å². The fourth-order valence-corrected chi connectivity index (χ4v) is 3.17. The second kappa shape index (κ2) is 6.85. The van der Waals surface area contributed by atoms with Gasteiger partial charge in [-0.05, 0) is 43.5 Å². The average Bonchev–Trinajstić information content (AvgIpc) is 3.44. The molecule has 146 valence electrons. The van der Waals surface area contributed by atoms with Crippen LogP contribution in [0.1, 0.15) is 45.9 Å². The number of carbonyl (C=O) groups is 1. The van der Waals surface area contributed by atoms with Crippen molar-refractivity contribution in [3.05, 3.63) is 64.1 Å². The smallest absolute Gasteiger partial charge is 0.342 e. The number of hydrogen-bond acceptors (Lipinski definition) is 4. The van der Waals surface area contributed by atoms with Crippen molar-refractivity contribution in [3.63, 3.8) is 0 Å². The van der Waals surface area contributed by atoms with Gasteiger partial charge >= 0.3 is 5.97 Å². The molecule has 1 aromatic carbocycles. The van der Waals surface area contributed by atoms with E-state index >= 15 is 0 Å². The molecule has 8 heteroatoms. The van der Waals surface area contributed by atoms with Crippen LogP contribution in [-0.2, 0) is 11.3 Å². The van der Waals surface area contributed by atoms with Crippen molar-refractivity contribution in [1.29, 1.82) is 0 Å². The van der Waals surface area contributed by atoms with Gasteiger partial charge in [-0.25, -0.2) is 18.0 Å². The first-order valence-electron chi connectivity index (χ1n) is 8.77. The molecule has 5 nitrogen and oxygen atoms in total. The first-order valence-corrected chi connectivity index (χ1v) is 8.77. The van der Waals surface area contributed by atoms with Gasteiger partial charge < -0.3 is 9.47 Å². The van der Waals surface area contributed by atoms with E-state index in [9.17, 15) is 18.0 Å². The van der Waals surface area contributed by atoms with E-state index in [2.05, 4.69) is 5.10 Å². The molecule has 0 amide bonds. The highest BCUT2D eigenvalue weighted by atomic mass is 19.2. The Morgan fingerprint density at radius 2 is 1.93 bits per heavy atom. The molecule has 3 aromatic rings. The third kappa shape index (κ3) is 3.08. The quantitative estimate of drug-likeness (QED) is 0.481. The zero-order valence-corrected chi connectivity index (χ0v) is 15.3. The number of benzene rings is 1. The Balaban J connectivity index is 1.78. The molecule has 1 saturated carbocycles. The second-order valence-corrected chi connectivity index (χ2v) is 6.80. The highest BCUT2D eigenvalue weighted by Gasteiger charge is 2.34. The predicted molar refractivity (Wildman–Crippen MR) is 93.9 cm³/mol. The maximum atomic E-state index is 13.9. The minimum Gasteiger partial charge on any atom is -0.473 e. The molecule has 2 aromatic heterocycles. The molecular weight excluding hydrogens is 373 g/mol. The van der Waals surface area contributed by atoms with Crippen molar-refractivity contribution in [3.8, 4) is 5.88 Å². The standard InChI is InChI=1S/C20H17F3N2O3/c1-10-7-15-17(20(26)27-2)19(11-3-4-11)24-25(15)16(8-10)28-9-12-13(21)5-6-14(22)18(12)23/h5-8,11H,3-4,9H2,1-2H3. The lowest BCUT2D eigenvalue weighted by molar-refractivity contribution is 0.0601. The van der Waals surface area contributed by atoms with Gasteiger partial charge in [0.1, 0.15) is 18.0 Å². The number of esters is 1. The third-order valence-electron chi connectivity index (χ3n) is 4.73. The van der Waals surface area contributed by atoms with Crippen molar-refractivity contribution >= 4 is 11.5 Å². The monoisotopic (exact) mass is 390 g/mol. The van der Waals surface area contributed by atoms with Crippen LogP contribution in [0.5, 0.6) is 5.88 Å². The maximum Gasteiger partial charge on any atom is 0.342 e. The van der Waals surface area contributed by atoms with Gasteiger partial charge in [-0.15, -0.1) is 0 Å². The minimum absolute atomic E-state index is 0.167. The number of hydrogen-bond donors (Lipinski definition) is 0. The molecule has 1 aliphatic rings. The Bertz CT molecular complexity index is 1090. The fraction of sp³-hybridized carbons (Fsp3) is 0.300. The Kier molecular flexibility index (Phi) is 4.49. The molecule has 1 fully saturated rings. The topological polar surface area (TPSA) is 52.8 Å². The van der Waals surface area contributed by atoms with Crippen molar-refractivity contribution in [2.75, 3.05) is 7.11 Å². The van der Waals surface area contributed by atoms with Crippen LogP contribution in [0.25, 0.3) is 5.52 Å². The summed E-state index contributed by atoms with van der Waals surface area (Å²) in [6.07, 6.45) is 1.84. The van der Waals surface area contributed by atoms with Crippen molar-refractivity contribution in [2.45, 2.75) is 32.3 Å². The molecule has 2 heterocycles. The number of pyridine rings is 1. The number of fused-ring (bicyclic) bond motifs is 1. The van der Waals surface area contributed by atoms with Gasteiger partial charge in [-0.2, -0.15) is 9.61 Å². The maximum absolute atomic E-state index is 13.9. The Hall–Kier alpha value is -3.03. The van der Waals surface area contributed by atoms with Crippen LogP contribution in [0, 0.1) is 24.4 Å². The lowest BCUT2D eigenvalue weighted by Gasteiger charge is -2.11. The largest absolute Gasteiger partial charge is 0.473 e. The van der Waals surface area contributed by atoms with Crippen LogP contribution in [0.4, 0.5) is 13.2 Å². The van der Waals surface area contributed by atoms with E-state index in [1.807, 2.05) is 0 Å². The fourth-order valence-electron chi connectivity index (χ4n) is 3.17.